The van der Waals surface area contributed by atoms with E-state index in [0.717, 1.165) is 18.7 Å². The summed E-state index contributed by atoms with van der Waals surface area (Å²) in [5, 5.41) is 5.96. The number of carbonyl (C=O) groups is 1. The molecule has 4 rings (SSSR count). The minimum absolute atomic E-state index is 0.112. The predicted molar refractivity (Wildman–Crippen MR) is 110 cm³/mol. The van der Waals surface area contributed by atoms with Crippen LogP contribution in [0.3, 0.4) is 0 Å². The van der Waals surface area contributed by atoms with E-state index in [0.29, 0.717) is 23.6 Å². The summed E-state index contributed by atoms with van der Waals surface area (Å²) in [4.78, 5) is 26.7. The van der Waals surface area contributed by atoms with Gasteiger partial charge in [-0.25, -0.2) is 9.97 Å². The summed E-state index contributed by atoms with van der Waals surface area (Å²) >= 11 is 0. The molecule has 3 aromatic rings. The van der Waals surface area contributed by atoms with Gasteiger partial charge in [0, 0.05) is 30.9 Å². The monoisotopic (exact) mass is 374 g/mol. The first-order chi connectivity index (χ1) is 13.6. The molecule has 142 valence electrons. The number of rotatable bonds is 4. The minimum atomic E-state index is -0.112. The van der Waals surface area contributed by atoms with Crippen LogP contribution in [0.15, 0.2) is 54.9 Å². The topological polar surface area (TPSA) is 83.0 Å². The van der Waals surface area contributed by atoms with E-state index in [4.69, 9.17) is 0 Å². The first-order valence-electron chi connectivity index (χ1n) is 9.25. The van der Waals surface area contributed by atoms with Gasteiger partial charge in [0.15, 0.2) is 0 Å². The lowest BCUT2D eigenvalue weighted by Crippen LogP contribution is -2.39. The third-order valence-electron chi connectivity index (χ3n) is 4.76. The maximum absolute atomic E-state index is 11.3. The number of fused-ring (bicyclic) bond motifs is 1. The molecule has 2 aromatic carbocycles. The van der Waals surface area contributed by atoms with Crippen LogP contribution in [-0.4, -0.2) is 26.9 Å². The average molecular weight is 374 g/mol. The van der Waals surface area contributed by atoms with Gasteiger partial charge in [0.1, 0.15) is 6.33 Å². The summed E-state index contributed by atoms with van der Waals surface area (Å²) in [6.45, 7) is 4.44. The van der Waals surface area contributed by atoms with E-state index in [1.165, 1.54) is 24.4 Å². The molecule has 7 nitrogen and oxygen atoms in total. The van der Waals surface area contributed by atoms with Gasteiger partial charge in [-0.1, -0.05) is 30.3 Å². The second kappa shape index (κ2) is 7.64. The predicted octanol–water partition coefficient (Wildman–Crippen LogP) is 3.52. The molecule has 1 aromatic heterocycles. The molecule has 1 atom stereocenters. The van der Waals surface area contributed by atoms with Crippen molar-refractivity contribution < 1.29 is 4.79 Å². The highest BCUT2D eigenvalue weighted by molar-refractivity contribution is 5.89. The fraction of sp³-hybridized carbons (Fsp3) is 0.238. The highest BCUT2D eigenvalue weighted by atomic mass is 16.1. The Kier molecular flexibility index (Phi) is 4.89. The van der Waals surface area contributed by atoms with Crippen LogP contribution >= 0.6 is 0 Å². The Labute approximate surface area is 163 Å². The average Bonchev–Trinajstić information content (AvgIpc) is 2.67. The van der Waals surface area contributed by atoms with Crippen molar-refractivity contribution >= 4 is 29.2 Å². The van der Waals surface area contributed by atoms with E-state index in [9.17, 15) is 4.79 Å². The van der Waals surface area contributed by atoms with E-state index < -0.39 is 0 Å². The molecule has 2 N–H and O–H groups in total. The maximum Gasteiger partial charge on any atom is 0.232 e. The molecule has 1 aliphatic heterocycles. The molecular formula is C21H22N6O. The maximum atomic E-state index is 11.3. The van der Waals surface area contributed by atoms with E-state index >= 15 is 0 Å². The number of hydrogen-bond acceptors (Lipinski definition) is 6. The third-order valence-corrected chi connectivity index (χ3v) is 4.76. The lowest BCUT2D eigenvalue weighted by Gasteiger charge is -2.34. The van der Waals surface area contributed by atoms with E-state index in [-0.39, 0.29) is 5.91 Å². The van der Waals surface area contributed by atoms with Crippen LogP contribution in [0.25, 0.3) is 0 Å². The summed E-state index contributed by atoms with van der Waals surface area (Å²) in [7, 11) is 0. The number of anilines is 4. The molecular weight excluding hydrogens is 352 g/mol. The Morgan fingerprint density at radius 1 is 1.07 bits per heavy atom. The zero-order valence-corrected chi connectivity index (χ0v) is 15.9. The lowest BCUT2D eigenvalue weighted by atomic mass is 9.95. The zero-order chi connectivity index (χ0) is 19.5. The standard InChI is InChI=1S/C21H22N6O/c1-14-10-16-6-3-4-7-17(16)12-27(14)21-23-13-22-20(26-21)25-19-9-5-8-18(11-19)24-15(2)28/h3-9,11,13-14H,10,12H2,1-2H3,(H,24,28)(H,22,23,25,26). The van der Waals surface area contributed by atoms with Crippen LogP contribution < -0.4 is 15.5 Å². The van der Waals surface area contributed by atoms with Crippen molar-refractivity contribution in [2.24, 2.45) is 0 Å². The lowest BCUT2D eigenvalue weighted by molar-refractivity contribution is -0.114. The number of carbonyl (C=O) groups excluding carboxylic acids is 1. The van der Waals surface area contributed by atoms with Gasteiger partial charge in [0.2, 0.25) is 17.8 Å². The van der Waals surface area contributed by atoms with Crippen LogP contribution in [0.1, 0.15) is 25.0 Å². The Hall–Kier alpha value is -3.48. The molecule has 0 fully saturated rings. The zero-order valence-electron chi connectivity index (χ0n) is 15.9. The highest BCUT2D eigenvalue weighted by Crippen LogP contribution is 2.27. The van der Waals surface area contributed by atoms with Crippen molar-refractivity contribution in [1.29, 1.82) is 0 Å². The Balaban J connectivity index is 1.55. The Morgan fingerprint density at radius 2 is 1.86 bits per heavy atom. The molecule has 0 bridgehead atoms. The Bertz CT molecular complexity index is 1010. The molecule has 1 amide bonds. The molecule has 1 aliphatic rings. The first kappa shape index (κ1) is 17.9. The third kappa shape index (κ3) is 3.93. The van der Waals surface area contributed by atoms with Gasteiger partial charge in [0.25, 0.3) is 0 Å². The molecule has 7 heteroatoms. The van der Waals surface area contributed by atoms with Gasteiger partial charge in [-0.3, -0.25) is 4.79 Å². The molecule has 0 saturated heterocycles. The molecule has 28 heavy (non-hydrogen) atoms. The number of benzene rings is 2. The summed E-state index contributed by atoms with van der Waals surface area (Å²) in [6.07, 6.45) is 2.49. The van der Waals surface area contributed by atoms with E-state index in [1.807, 2.05) is 24.3 Å². The van der Waals surface area contributed by atoms with Crippen molar-refractivity contribution in [3.05, 3.63) is 66.0 Å². The van der Waals surface area contributed by atoms with Gasteiger partial charge in [-0.05, 0) is 42.7 Å². The number of amides is 1. The molecule has 1 unspecified atom stereocenters. The van der Waals surface area contributed by atoms with Crippen molar-refractivity contribution in [3.8, 4) is 0 Å². The van der Waals surface area contributed by atoms with Gasteiger partial charge >= 0.3 is 0 Å². The number of hydrogen-bond donors (Lipinski definition) is 2. The van der Waals surface area contributed by atoms with Gasteiger partial charge in [-0.2, -0.15) is 4.98 Å². The molecule has 0 radical (unpaired) electrons. The van der Waals surface area contributed by atoms with Crippen molar-refractivity contribution in [3.63, 3.8) is 0 Å². The molecule has 0 spiro atoms. The smallest absolute Gasteiger partial charge is 0.232 e. The van der Waals surface area contributed by atoms with Gasteiger partial charge < -0.3 is 15.5 Å². The summed E-state index contributed by atoms with van der Waals surface area (Å²) < 4.78 is 0. The summed E-state index contributed by atoms with van der Waals surface area (Å²) in [6, 6.07) is 16.2. The van der Waals surface area contributed by atoms with Crippen LogP contribution in [0, 0.1) is 0 Å². The second-order valence-corrected chi connectivity index (χ2v) is 6.95. The van der Waals surface area contributed by atoms with Crippen LogP contribution in [0.5, 0.6) is 0 Å². The minimum Gasteiger partial charge on any atom is -0.333 e. The highest BCUT2D eigenvalue weighted by Gasteiger charge is 2.24. The molecule has 0 saturated carbocycles. The van der Waals surface area contributed by atoms with E-state index in [2.05, 4.69) is 61.7 Å². The first-order valence-corrected chi connectivity index (χ1v) is 9.25. The van der Waals surface area contributed by atoms with E-state index in [1.54, 1.807) is 0 Å². The van der Waals surface area contributed by atoms with Crippen molar-refractivity contribution in [1.82, 2.24) is 15.0 Å². The van der Waals surface area contributed by atoms with Gasteiger partial charge in [-0.15, -0.1) is 0 Å². The molecule has 0 aliphatic carbocycles. The largest absolute Gasteiger partial charge is 0.333 e. The van der Waals surface area contributed by atoms with Crippen LogP contribution in [0.2, 0.25) is 0 Å². The number of aromatic nitrogens is 3. The van der Waals surface area contributed by atoms with Crippen molar-refractivity contribution in [2.75, 3.05) is 15.5 Å². The number of nitrogens with one attached hydrogen (secondary N) is 2. The van der Waals surface area contributed by atoms with Crippen LogP contribution in [-0.2, 0) is 17.8 Å². The SMILES string of the molecule is CC(=O)Nc1cccc(Nc2ncnc(N3Cc4ccccc4CC3C)n2)c1. The number of nitrogens with zero attached hydrogens (tertiary/aromatic N) is 4. The Morgan fingerprint density at radius 3 is 2.68 bits per heavy atom. The van der Waals surface area contributed by atoms with Crippen molar-refractivity contribution in [2.45, 2.75) is 32.9 Å². The quantitative estimate of drug-likeness (QED) is 0.727. The van der Waals surface area contributed by atoms with Crippen LogP contribution in [0.4, 0.5) is 23.3 Å². The summed E-state index contributed by atoms with van der Waals surface area (Å²) in [5.41, 5.74) is 4.19. The normalized spacial score (nSPS) is 15.6. The fourth-order valence-electron chi connectivity index (χ4n) is 3.44. The second-order valence-electron chi connectivity index (χ2n) is 6.95. The summed E-state index contributed by atoms with van der Waals surface area (Å²) in [5.74, 6) is 1.01. The van der Waals surface area contributed by atoms with Gasteiger partial charge in [0.05, 0.1) is 0 Å². The fourth-order valence-corrected chi connectivity index (χ4v) is 3.44. The molecule has 2 heterocycles.